The molecule has 1 aromatic carbocycles. The largest absolute Gasteiger partial charge is 0.207 e. The van der Waals surface area contributed by atoms with E-state index in [0.717, 1.165) is 6.07 Å². The summed E-state index contributed by atoms with van der Waals surface area (Å²) < 4.78 is 29.5. The van der Waals surface area contributed by atoms with Gasteiger partial charge in [0.05, 0.1) is 4.88 Å². The number of aromatic nitrogens is 1. The Hall–Kier alpha value is -1.29. The molecule has 0 aliphatic rings. The molecule has 2 rings (SSSR count). The molecule has 0 bridgehead atoms. The lowest BCUT2D eigenvalue weighted by atomic mass is 10.2. The molecule has 1 aromatic heterocycles. The Balaban J connectivity index is 2.53. The molecule has 0 saturated heterocycles. The zero-order valence-corrected chi connectivity index (χ0v) is 7.31. The second-order valence-electron chi connectivity index (χ2n) is 2.50. The van der Waals surface area contributed by atoms with Gasteiger partial charge in [-0.2, -0.15) is 0 Å². The van der Waals surface area contributed by atoms with E-state index in [1.807, 2.05) is 0 Å². The van der Waals surface area contributed by atoms with Crippen molar-refractivity contribution in [1.82, 2.24) is 4.37 Å². The molecule has 2 aromatic rings. The van der Waals surface area contributed by atoms with E-state index >= 15 is 0 Å². The summed E-state index contributed by atoms with van der Waals surface area (Å²) in [6.07, 6.45) is 1.59. The van der Waals surface area contributed by atoms with Crippen LogP contribution in [0.2, 0.25) is 0 Å². The first-order chi connectivity index (χ1) is 6.27. The second kappa shape index (κ2) is 3.22. The first-order valence-corrected chi connectivity index (χ1v) is 4.41. The Bertz CT molecular complexity index is 412. The van der Waals surface area contributed by atoms with Gasteiger partial charge in [-0.05, 0) is 29.7 Å². The van der Waals surface area contributed by atoms with Crippen molar-refractivity contribution >= 4 is 11.5 Å². The van der Waals surface area contributed by atoms with Crippen LogP contribution in [-0.2, 0) is 0 Å². The van der Waals surface area contributed by atoms with E-state index in [2.05, 4.69) is 4.37 Å². The van der Waals surface area contributed by atoms with Crippen molar-refractivity contribution in [2.24, 2.45) is 0 Å². The zero-order valence-electron chi connectivity index (χ0n) is 6.50. The van der Waals surface area contributed by atoms with Crippen LogP contribution in [0.1, 0.15) is 0 Å². The number of hydrogen-bond acceptors (Lipinski definition) is 2. The summed E-state index contributed by atoms with van der Waals surface area (Å²) >= 11 is 1.18. The van der Waals surface area contributed by atoms with Crippen molar-refractivity contribution in [2.45, 2.75) is 0 Å². The molecule has 66 valence electrons. The van der Waals surface area contributed by atoms with E-state index in [1.54, 1.807) is 12.3 Å². The lowest BCUT2D eigenvalue weighted by molar-refractivity contribution is 0.586. The molecule has 0 N–H and O–H groups in total. The summed E-state index contributed by atoms with van der Waals surface area (Å²) in [5.41, 5.74) is 0.393. The van der Waals surface area contributed by atoms with Crippen molar-refractivity contribution in [2.75, 3.05) is 0 Å². The molecule has 0 unspecified atom stereocenters. The van der Waals surface area contributed by atoms with Crippen LogP contribution in [0.4, 0.5) is 8.78 Å². The van der Waals surface area contributed by atoms with Crippen molar-refractivity contribution in [3.8, 4) is 10.4 Å². The topological polar surface area (TPSA) is 12.9 Å². The van der Waals surface area contributed by atoms with Crippen LogP contribution >= 0.6 is 11.5 Å². The van der Waals surface area contributed by atoms with Crippen LogP contribution in [0.25, 0.3) is 10.4 Å². The van der Waals surface area contributed by atoms with Crippen molar-refractivity contribution in [3.05, 3.63) is 42.1 Å². The highest BCUT2D eigenvalue weighted by atomic mass is 32.1. The molecule has 1 heterocycles. The van der Waals surface area contributed by atoms with E-state index in [4.69, 9.17) is 0 Å². The molecule has 0 saturated carbocycles. The van der Waals surface area contributed by atoms with Gasteiger partial charge in [0.2, 0.25) is 0 Å². The zero-order chi connectivity index (χ0) is 9.26. The fourth-order valence-corrected chi connectivity index (χ4v) is 1.66. The van der Waals surface area contributed by atoms with Gasteiger partial charge < -0.3 is 0 Å². The number of benzene rings is 1. The summed E-state index contributed by atoms with van der Waals surface area (Å²) in [6, 6.07) is 5.21. The highest BCUT2D eigenvalue weighted by Crippen LogP contribution is 2.25. The molecular formula is C9H5F2NS. The van der Waals surface area contributed by atoms with Crippen LogP contribution in [0.15, 0.2) is 30.5 Å². The molecule has 0 aliphatic heterocycles. The number of hydrogen-bond donors (Lipinski definition) is 0. The molecule has 0 fully saturated rings. The Labute approximate surface area is 77.8 Å². The molecule has 0 atom stereocenters. The predicted octanol–water partition coefficient (Wildman–Crippen LogP) is 3.09. The molecule has 0 amide bonds. The van der Waals surface area contributed by atoms with E-state index in [0.29, 0.717) is 10.4 Å². The fourth-order valence-electron chi connectivity index (χ4n) is 1.04. The smallest absolute Gasteiger partial charge is 0.134 e. The molecule has 1 nitrogen and oxygen atoms in total. The van der Waals surface area contributed by atoms with Gasteiger partial charge >= 0.3 is 0 Å². The van der Waals surface area contributed by atoms with Gasteiger partial charge in [-0.25, -0.2) is 13.2 Å². The van der Waals surface area contributed by atoms with Crippen LogP contribution in [-0.4, -0.2) is 4.37 Å². The Morgan fingerprint density at radius 3 is 2.62 bits per heavy atom. The van der Waals surface area contributed by atoms with Gasteiger partial charge in [0.25, 0.3) is 0 Å². The normalized spacial score (nSPS) is 10.3. The maximum atomic E-state index is 13.2. The van der Waals surface area contributed by atoms with Gasteiger partial charge in [0, 0.05) is 17.8 Å². The summed E-state index contributed by atoms with van der Waals surface area (Å²) in [6.45, 7) is 0. The highest BCUT2D eigenvalue weighted by molar-refractivity contribution is 7.09. The minimum absolute atomic E-state index is 0.393. The molecule has 0 spiro atoms. The standard InChI is InChI=1S/C9H5F2NS/c10-6-1-2-7(8(11)5-6)9-3-4-12-13-9/h1-5H. The van der Waals surface area contributed by atoms with Gasteiger partial charge in [0.15, 0.2) is 0 Å². The van der Waals surface area contributed by atoms with E-state index in [-0.39, 0.29) is 0 Å². The third-order valence-electron chi connectivity index (χ3n) is 1.63. The minimum atomic E-state index is -0.564. The van der Waals surface area contributed by atoms with E-state index in [1.165, 1.54) is 23.7 Å². The number of rotatable bonds is 1. The first kappa shape index (κ1) is 8.31. The molecule has 0 aliphatic carbocycles. The third-order valence-corrected chi connectivity index (χ3v) is 2.41. The fraction of sp³-hybridized carbons (Fsp3) is 0. The van der Waals surface area contributed by atoms with Crippen LogP contribution in [0, 0.1) is 11.6 Å². The van der Waals surface area contributed by atoms with E-state index < -0.39 is 11.6 Å². The summed E-state index contributed by atoms with van der Waals surface area (Å²) in [7, 11) is 0. The lowest BCUT2D eigenvalue weighted by Crippen LogP contribution is -1.83. The second-order valence-corrected chi connectivity index (χ2v) is 3.33. The van der Waals surface area contributed by atoms with Crippen LogP contribution < -0.4 is 0 Å². The quantitative estimate of drug-likeness (QED) is 0.684. The summed E-state index contributed by atoms with van der Waals surface area (Å²) in [5.74, 6) is -1.12. The number of halogens is 2. The average molecular weight is 197 g/mol. The van der Waals surface area contributed by atoms with Crippen LogP contribution in [0.3, 0.4) is 0 Å². The van der Waals surface area contributed by atoms with Crippen molar-refractivity contribution in [3.63, 3.8) is 0 Å². The van der Waals surface area contributed by atoms with E-state index in [9.17, 15) is 8.78 Å². The average Bonchev–Trinajstić information content (AvgIpc) is 2.56. The monoisotopic (exact) mass is 197 g/mol. The van der Waals surface area contributed by atoms with Gasteiger partial charge in [-0.3, -0.25) is 0 Å². The lowest BCUT2D eigenvalue weighted by Gasteiger charge is -1.97. The predicted molar refractivity (Wildman–Crippen MR) is 47.5 cm³/mol. The minimum Gasteiger partial charge on any atom is -0.207 e. The molecule has 13 heavy (non-hydrogen) atoms. The summed E-state index contributed by atoms with van der Waals surface area (Å²) in [4.78, 5) is 0.706. The highest BCUT2D eigenvalue weighted by Gasteiger charge is 2.06. The van der Waals surface area contributed by atoms with Gasteiger partial charge in [-0.15, -0.1) is 0 Å². The third kappa shape index (κ3) is 1.58. The molecule has 0 radical (unpaired) electrons. The SMILES string of the molecule is Fc1ccc(-c2ccns2)c(F)c1. The van der Waals surface area contributed by atoms with Gasteiger partial charge in [0.1, 0.15) is 11.6 Å². The Morgan fingerprint density at radius 2 is 2.00 bits per heavy atom. The maximum Gasteiger partial charge on any atom is 0.134 e. The van der Waals surface area contributed by atoms with Crippen LogP contribution in [0.5, 0.6) is 0 Å². The summed E-state index contributed by atoms with van der Waals surface area (Å²) in [5, 5.41) is 0. The first-order valence-electron chi connectivity index (χ1n) is 3.63. The Morgan fingerprint density at radius 1 is 1.15 bits per heavy atom. The Kier molecular flexibility index (Phi) is 2.06. The number of nitrogens with zero attached hydrogens (tertiary/aromatic N) is 1. The van der Waals surface area contributed by atoms with Crippen molar-refractivity contribution < 1.29 is 8.78 Å². The van der Waals surface area contributed by atoms with Gasteiger partial charge in [-0.1, -0.05) is 0 Å². The molecular weight excluding hydrogens is 192 g/mol. The van der Waals surface area contributed by atoms with Crippen molar-refractivity contribution in [1.29, 1.82) is 0 Å². The molecule has 4 heteroatoms. The maximum absolute atomic E-state index is 13.2.